The molecule has 0 aromatic carbocycles. The van der Waals surface area contributed by atoms with E-state index in [2.05, 4.69) is 24.1 Å². The summed E-state index contributed by atoms with van der Waals surface area (Å²) in [4.78, 5) is 2.44. The average molecular weight is 228 g/mol. The summed E-state index contributed by atoms with van der Waals surface area (Å²) in [6, 6.07) is 0.909. The van der Waals surface area contributed by atoms with Gasteiger partial charge in [0.15, 0.2) is 0 Å². The number of aliphatic hydroxyl groups excluding tert-OH is 1. The second kappa shape index (κ2) is 7.25. The fourth-order valence-corrected chi connectivity index (χ4v) is 2.32. The van der Waals surface area contributed by atoms with Gasteiger partial charge in [0.2, 0.25) is 0 Å². The van der Waals surface area contributed by atoms with Crippen molar-refractivity contribution in [3.8, 4) is 0 Å². The lowest BCUT2D eigenvalue weighted by molar-refractivity contribution is 0.0647. The second-order valence-electron chi connectivity index (χ2n) is 5.12. The number of rotatable bonds is 7. The highest BCUT2D eigenvalue weighted by Crippen LogP contribution is 2.12. The Morgan fingerprint density at radius 1 is 1.44 bits per heavy atom. The van der Waals surface area contributed by atoms with E-state index in [1.807, 2.05) is 6.92 Å². The van der Waals surface area contributed by atoms with Gasteiger partial charge in [-0.1, -0.05) is 13.3 Å². The van der Waals surface area contributed by atoms with Gasteiger partial charge in [-0.05, 0) is 46.2 Å². The van der Waals surface area contributed by atoms with Crippen LogP contribution in [-0.4, -0.2) is 47.8 Å². The molecule has 1 rings (SSSR count). The summed E-state index contributed by atoms with van der Waals surface area (Å²) in [6.07, 6.45) is 4.80. The second-order valence-corrected chi connectivity index (χ2v) is 5.12. The smallest absolute Gasteiger partial charge is 0.0664 e. The zero-order chi connectivity index (χ0) is 12.0. The first-order chi connectivity index (χ1) is 7.65. The maximum absolute atomic E-state index is 9.70. The van der Waals surface area contributed by atoms with Crippen LogP contribution in [0.3, 0.4) is 0 Å². The summed E-state index contributed by atoms with van der Waals surface area (Å²) in [5.74, 6) is 0. The predicted molar refractivity (Wildman–Crippen MR) is 68.6 cm³/mol. The molecule has 0 aromatic heterocycles. The molecule has 2 N–H and O–H groups in total. The Bertz CT molecular complexity index is 179. The van der Waals surface area contributed by atoms with Gasteiger partial charge in [-0.2, -0.15) is 0 Å². The molecule has 0 radical (unpaired) electrons. The third kappa shape index (κ3) is 4.40. The largest absolute Gasteiger partial charge is 0.392 e. The highest BCUT2D eigenvalue weighted by Gasteiger charge is 2.23. The maximum Gasteiger partial charge on any atom is 0.0664 e. The fourth-order valence-electron chi connectivity index (χ4n) is 2.32. The fraction of sp³-hybridized carbons (Fsp3) is 1.00. The van der Waals surface area contributed by atoms with E-state index in [9.17, 15) is 5.11 Å². The molecule has 0 bridgehead atoms. The van der Waals surface area contributed by atoms with Crippen molar-refractivity contribution in [3.05, 3.63) is 0 Å². The van der Waals surface area contributed by atoms with Gasteiger partial charge >= 0.3 is 0 Å². The van der Waals surface area contributed by atoms with E-state index < -0.39 is 0 Å². The third-order valence-electron chi connectivity index (χ3n) is 3.69. The summed E-state index contributed by atoms with van der Waals surface area (Å²) in [5.41, 5.74) is 0. The van der Waals surface area contributed by atoms with Gasteiger partial charge in [-0.25, -0.2) is 0 Å². The van der Waals surface area contributed by atoms with E-state index in [1.54, 1.807) is 0 Å². The van der Waals surface area contributed by atoms with Crippen LogP contribution in [0.15, 0.2) is 0 Å². The molecule has 0 aromatic rings. The molecule has 96 valence electrons. The molecular weight excluding hydrogens is 200 g/mol. The minimum atomic E-state index is -0.238. The number of nitrogens with one attached hydrogen (secondary N) is 1. The molecule has 16 heavy (non-hydrogen) atoms. The molecule has 3 atom stereocenters. The summed E-state index contributed by atoms with van der Waals surface area (Å²) in [5, 5.41) is 13.2. The molecule has 0 saturated carbocycles. The van der Waals surface area contributed by atoms with E-state index in [-0.39, 0.29) is 12.1 Å². The van der Waals surface area contributed by atoms with Crippen molar-refractivity contribution in [1.29, 1.82) is 0 Å². The van der Waals surface area contributed by atoms with E-state index >= 15 is 0 Å². The van der Waals surface area contributed by atoms with Gasteiger partial charge in [-0.15, -0.1) is 0 Å². The quantitative estimate of drug-likeness (QED) is 0.695. The first kappa shape index (κ1) is 13.9. The minimum absolute atomic E-state index is 0.238. The Morgan fingerprint density at radius 3 is 2.69 bits per heavy atom. The van der Waals surface area contributed by atoms with E-state index in [0.29, 0.717) is 6.04 Å². The number of hydrogen-bond acceptors (Lipinski definition) is 3. The Kier molecular flexibility index (Phi) is 6.32. The van der Waals surface area contributed by atoms with Crippen LogP contribution in [0, 0.1) is 0 Å². The average Bonchev–Trinajstić information content (AvgIpc) is 2.75. The van der Waals surface area contributed by atoms with Crippen molar-refractivity contribution in [3.63, 3.8) is 0 Å². The molecule has 1 aliphatic heterocycles. The molecule has 1 heterocycles. The number of hydrogen-bond donors (Lipinski definition) is 2. The number of nitrogens with zero attached hydrogens (tertiary/aromatic N) is 1. The van der Waals surface area contributed by atoms with Crippen molar-refractivity contribution >= 4 is 0 Å². The highest BCUT2D eigenvalue weighted by molar-refractivity contribution is 4.81. The van der Waals surface area contributed by atoms with Crippen LogP contribution in [0.25, 0.3) is 0 Å². The minimum Gasteiger partial charge on any atom is -0.392 e. The molecule has 0 amide bonds. The molecular formula is C13H28N2O. The van der Waals surface area contributed by atoms with Gasteiger partial charge in [0, 0.05) is 18.6 Å². The SMILES string of the molecule is CCCCN(CC1CCCN1)C(C)C(C)O. The van der Waals surface area contributed by atoms with Crippen molar-refractivity contribution < 1.29 is 5.11 Å². The van der Waals surface area contributed by atoms with Crippen LogP contribution in [0.4, 0.5) is 0 Å². The topological polar surface area (TPSA) is 35.5 Å². The Labute approximate surface area is 100 Å². The summed E-state index contributed by atoms with van der Waals surface area (Å²) < 4.78 is 0. The van der Waals surface area contributed by atoms with Gasteiger partial charge in [0.1, 0.15) is 0 Å². The Balaban J connectivity index is 2.41. The Hall–Kier alpha value is -0.120. The number of unbranched alkanes of at least 4 members (excludes halogenated alkanes) is 1. The van der Waals surface area contributed by atoms with E-state index in [4.69, 9.17) is 0 Å². The van der Waals surface area contributed by atoms with Crippen LogP contribution in [0.5, 0.6) is 0 Å². The molecule has 3 nitrogen and oxygen atoms in total. The van der Waals surface area contributed by atoms with Crippen molar-refractivity contribution in [1.82, 2.24) is 10.2 Å². The molecule has 3 unspecified atom stereocenters. The van der Waals surface area contributed by atoms with E-state index in [1.165, 1.54) is 25.7 Å². The molecule has 1 fully saturated rings. The summed E-state index contributed by atoms with van der Waals surface area (Å²) in [7, 11) is 0. The lowest BCUT2D eigenvalue weighted by Crippen LogP contribution is -2.46. The molecule has 1 saturated heterocycles. The van der Waals surface area contributed by atoms with Crippen LogP contribution in [0.2, 0.25) is 0 Å². The third-order valence-corrected chi connectivity index (χ3v) is 3.69. The van der Waals surface area contributed by atoms with Crippen LogP contribution >= 0.6 is 0 Å². The molecule has 3 heteroatoms. The summed E-state index contributed by atoms with van der Waals surface area (Å²) in [6.45, 7) is 9.61. The molecule has 1 aliphatic rings. The summed E-state index contributed by atoms with van der Waals surface area (Å²) >= 11 is 0. The van der Waals surface area contributed by atoms with Gasteiger partial charge in [0.05, 0.1) is 6.10 Å². The highest BCUT2D eigenvalue weighted by atomic mass is 16.3. The van der Waals surface area contributed by atoms with Crippen LogP contribution < -0.4 is 5.32 Å². The van der Waals surface area contributed by atoms with Gasteiger partial charge < -0.3 is 10.4 Å². The molecule has 0 aliphatic carbocycles. The maximum atomic E-state index is 9.70. The first-order valence-electron chi connectivity index (χ1n) is 6.80. The number of aliphatic hydroxyl groups is 1. The normalized spacial score (nSPS) is 24.9. The van der Waals surface area contributed by atoms with Crippen LogP contribution in [0.1, 0.15) is 46.5 Å². The first-order valence-corrected chi connectivity index (χ1v) is 6.80. The molecule has 0 spiro atoms. The van der Waals surface area contributed by atoms with Crippen molar-refractivity contribution in [2.45, 2.75) is 64.6 Å². The zero-order valence-electron chi connectivity index (χ0n) is 11.1. The van der Waals surface area contributed by atoms with Gasteiger partial charge in [0.25, 0.3) is 0 Å². The Morgan fingerprint density at radius 2 is 2.19 bits per heavy atom. The monoisotopic (exact) mass is 228 g/mol. The van der Waals surface area contributed by atoms with Gasteiger partial charge in [-0.3, -0.25) is 4.90 Å². The van der Waals surface area contributed by atoms with Crippen molar-refractivity contribution in [2.24, 2.45) is 0 Å². The standard InChI is InChI=1S/C13H28N2O/c1-4-5-9-15(11(2)12(3)16)10-13-7-6-8-14-13/h11-14,16H,4-10H2,1-3H3. The van der Waals surface area contributed by atoms with E-state index in [0.717, 1.165) is 19.6 Å². The predicted octanol–water partition coefficient (Wildman–Crippen LogP) is 1.61. The lowest BCUT2D eigenvalue weighted by atomic mass is 10.1. The van der Waals surface area contributed by atoms with Crippen LogP contribution in [-0.2, 0) is 0 Å². The lowest BCUT2D eigenvalue weighted by Gasteiger charge is -2.33. The van der Waals surface area contributed by atoms with Crippen molar-refractivity contribution in [2.75, 3.05) is 19.6 Å². The zero-order valence-corrected chi connectivity index (χ0v) is 11.1.